The highest BCUT2D eigenvalue weighted by atomic mass is 16.5. The van der Waals surface area contributed by atoms with Gasteiger partial charge in [0.05, 0.1) is 25.1 Å². The van der Waals surface area contributed by atoms with Gasteiger partial charge in [0.15, 0.2) is 11.5 Å². The molecule has 0 aromatic heterocycles. The molecule has 7 nitrogen and oxygen atoms in total. The normalized spacial score (nSPS) is 16.3. The fourth-order valence-corrected chi connectivity index (χ4v) is 3.33. The van der Waals surface area contributed by atoms with Crippen molar-refractivity contribution < 1.29 is 29.3 Å². The molecule has 0 saturated heterocycles. The van der Waals surface area contributed by atoms with Crippen molar-refractivity contribution in [2.75, 3.05) is 12.0 Å². The third-order valence-electron chi connectivity index (χ3n) is 4.83. The van der Waals surface area contributed by atoms with Crippen LogP contribution in [-0.4, -0.2) is 35.0 Å². The number of aromatic hydroxyl groups is 1. The molecule has 1 aliphatic heterocycles. The van der Waals surface area contributed by atoms with Crippen molar-refractivity contribution in [2.45, 2.75) is 25.8 Å². The number of phenols is 1. The van der Waals surface area contributed by atoms with E-state index in [4.69, 9.17) is 0 Å². The Morgan fingerprint density at radius 1 is 1.03 bits per heavy atom. The number of hydrogen-bond acceptors (Lipinski definition) is 6. The van der Waals surface area contributed by atoms with E-state index in [2.05, 4.69) is 4.74 Å². The van der Waals surface area contributed by atoms with E-state index in [-0.39, 0.29) is 35.9 Å². The quantitative estimate of drug-likeness (QED) is 0.729. The number of aliphatic hydroxyl groups is 1. The van der Waals surface area contributed by atoms with E-state index in [1.54, 1.807) is 43.3 Å². The molecule has 0 bridgehead atoms. The first kappa shape index (κ1) is 20.1. The number of ether oxygens (including phenoxy) is 1. The molecular weight excluding hydrogens is 374 g/mol. The lowest BCUT2D eigenvalue weighted by Gasteiger charge is -2.27. The Morgan fingerprint density at radius 2 is 1.66 bits per heavy atom. The van der Waals surface area contributed by atoms with Crippen molar-refractivity contribution in [3.05, 3.63) is 71.0 Å². The maximum Gasteiger partial charge on any atom is 0.309 e. The number of methoxy groups -OCH3 is 1. The molecule has 2 N–H and O–H groups in total. The summed E-state index contributed by atoms with van der Waals surface area (Å²) >= 11 is 0. The van der Waals surface area contributed by atoms with E-state index in [0.717, 1.165) is 0 Å². The van der Waals surface area contributed by atoms with E-state index < -0.39 is 17.7 Å². The van der Waals surface area contributed by atoms with Crippen LogP contribution in [0.1, 0.15) is 30.5 Å². The Kier molecular flexibility index (Phi) is 5.68. The fraction of sp³-hybridized carbons (Fsp3) is 0.227. The van der Waals surface area contributed by atoms with Crippen LogP contribution in [0.15, 0.2) is 59.9 Å². The largest absolute Gasteiger partial charge is 0.508 e. The lowest BCUT2D eigenvalue weighted by atomic mass is 9.94. The van der Waals surface area contributed by atoms with E-state index in [1.807, 2.05) is 0 Å². The first-order valence-electron chi connectivity index (χ1n) is 9.12. The van der Waals surface area contributed by atoms with Crippen LogP contribution < -0.4 is 4.90 Å². The molecule has 0 aliphatic carbocycles. The summed E-state index contributed by atoms with van der Waals surface area (Å²) in [6, 6.07) is 12.0. The lowest BCUT2D eigenvalue weighted by Crippen LogP contribution is -2.31. The van der Waals surface area contributed by atoms with Crippen LogP contribution in [0.3, 0.4) is 0 Å². The van der Waals surface area contributed by atoms with Crippen molar-refractivity contribution in [1.82, 2.24) is 0 Å². The zero-order valence-electron chi connectivity index (χ0n) is 16.1. The van der Waals surface area contributed by atoms with Gasteiger partial charge < -0.3 is 14.9 Å². The van der Waals surface area contributed by atoms with Gasteiger partial charge in [0.25, 0.3) is 5.91 Å². The van der Waals surface area contributed by atoms with Gasteiger partial charge in [0.1, 0.15) is 5.75 Å². The molecular formula is C22H21NO6. The van der Waals surface area contributed by atoms with Crippen molar-refractivity contribution in [3.8, 4) is 5.75 Å². The third-order valence-corrected chi connectivity index (χ3v) is 4.83. The Bertz CT molecular complexity index is 975. The van der Waals surface area contributed by atoms with Gasteiger partial charge in [-0.1, -0.05) is 31.2 Å². The van der Waals surface area contributed by atoms with E-state index in [0.29, 0.717) is 16.8 Å². The second kappa shape index (κ2) is 8.18. The topological polar surface area (TPSA) is 104 Å². The summed E-state index contributed by atoms with van der Waals surface area (Å²) in [5.74, 6) is -1.92. The number of nitrogens with zero attached hydrogens (tertiary/aromatic N) is 1. The van der Waals surface area contributed by atoms with Crippen LogP contribution in [0.5, 0.6) is 5.75 Å². The molecule has 2 aromatic rings. The minimum atomic E-state index is -0.818. The number of esters is 1. The molecule has 1 heterocycles. The Hall–Kier alpha value is -3.61. The van der Waals surface area contributed by atoms with Crippen molar-refractivity contribution in [1.29, 1.82) is 0 Å². The predicted molar refractivity (Wildman–Crippen MR) is 105 cm³/mol. The minimum Gasteiger partial charge on any atom is -0.508 e. The number of rotatable bonds is 6. The van der Waals surface area contributed by atoms with E-state index in [9.17, 15) is 24.6 Å². The van der Waals surface area contributed by atoms with Gasteiger partial charge in [-0.25, -0.2) is 0 Å². The molecule has 1 amide bonds. The molecule has 1 unspecified atom stereocenters. The molecule has 1 atom stereocenters. The average Bonchev–Trinajstić information content (AvgIpc) is 2.99. The second-order valence-electron chi connectivity index (χ2n) is 6.63. The highest BCUT2D eigenvalue weighted by molar-refractivity contribution is 6.16. The summed E-state index contributed by atoms with van der Waals surface area (Å²) in [5.41, 5.74) is 1.78. The molecule has 2 aromatic carbocycles. The first-order valence-corrected chi connectivity index (χ1v) is 9.12. The molecule has 1 aliphatic rings. The van der Waals surface area contributed by atoms with Crippen LogP contribution in [0, 0.1) is 0 Å². The molecule has 0 saturated carbocycles. The number of anilines is 1. The monoisotopic (exact) mass is 395 g/mol. The van der Waals surface area contributed by atoms with Gasteiger partial charge in [-0.15, -0.1) is 0 Å². The SMILES string of the molecule is CCC(=O)C1=C(O)C(=O)N(c2ccc(CC(=O)OC)cc2)C1c1ccc(O)cc1. The zero-order valence-corrected chi connectivity index (χ0v) is 16.1. The highest BCUT2D eigenvalue weighted by Gasteiger charge is 2.43. The van der Waals surface area contributed by atoms with Gasteiger partial charge in [-0.2, -0.15) is 0 Å². The van der Waals surface area contributed by atoms with Gasteiger partial charge in [-0.05, 0) is 35.4 Å². The standard InChI is InChI=1S/C22H21NO6/c1-3-17(25)19-20(14-6-10-16(24)11-7-14)23(22(28)21(19)27)15-8-4-13(5-9-15)12-18(26)29-2/h4-11,20,24,27H,3,12H2,1-2H3. The highest BCUT2D eigenvalue weighted by Crippen LogP contribution is 2.41. The fourth-order valence-electron chi connectivity index (χ4n) is 3.33. The number of benzene rings is 2. The number of carbonyl (C=O) groups is 3. The van der Waals surface area contributed by atoms with E-state index in [1.165, 1.54) is 24.1 Å². The summed E-state index contributed by atoms with van der Waals surface area (Å²) in [6.07, 6.45) is 0.225. The van der Waals surface area contributed by atoms with Crippen LogP contribution in [0.4, 0.5) is 5.69 Å². The summed E-state index contributed by atoms with van der Waals surface area (Å²) in [5, 5.41) is 20.0. The number of aliphatic hydroxyl groups excluding tert-OH is 1. The Labute approximate surface area is 167 Å². The molecule has 3 rings (SSSR count). The molecule has 0 spiro atoms. The Morgan fingerprint density at radius 3 is 2.21 bits per heavy atom. The number of Topliss-reactive ketones (excluding diaryl/α,β-unsaturated/α-hetero) is 1. The van der Waals surface area contributed by atoms with Crippen LogP contribution in [0.2, 0.25) is 0 Å². The summed E-state index contributed by atoms with van der Waals surface area (Å²) in [7, 11) is 1.31. The second-order valence-corrected chi connectivity index (χ2v) is 6.63. The number of carbonyl (C=O) groups excluding carboxylic acids is 3. The molecule has 29 heavy (non-hydrogen) atoms. The molecule has 7 heteroatoms. The van der Waals surface area contributed by atoms with Crippen LogP contribution in [-0.2, 0) is 25.5 Å². The molecule has 150 valence electrons. The molecule has 0 radical (unpaired) electrons. The number of hydrogen-bond donors (Lipinski definition) is 2. The maximum absolute atomic E-state index is 12.8. The number of phenolic OH excluding ortho intramolecular Hbond substituents is 1. The van der Waals surface area contributed by atoms with Gasteiger partial charge in [0, 0.05) is 12.1 Å². The maximum atomic E-state index is 12.8. The smallest absolute Gasteiger partial charge is 0.309 e. The van der Waals surface area contributed by atoms with Crippen molar-refractivity contribution in [2.24, 2.45) is 0 Å². The number of amides is 1. The van der Waals surface area contributed by atoms with Crippen LogP contribution >= 0.6 is 0 Å². The van der Waals surface area contributed by atoms with Gasteiger partial charge >= 0.3 is 5.97 Å². The van der Waals surface area contributed by atoms with Gasteiger partial charge in [0.2, 0.25) is 0 Å². The van der Waals surface area contributed by atoms with Crippen molar-refractivity contribution >= 4 is 23.3 Å². The van der Waals surface area contributed by atoms with E-state index >= 15 is 0 Å². The Balaban J connectivity index is 2.04. The summed E-state index contributed by atoms with van der Waals surface area (Å²) in [4.78, 5) is 38.1. The number of ketones is 1. The summed E-state index contributed by atoms with van der Waals surface area (Å²) < 4.78 is 4.65. The predicted octanol–water partition coefficient (Wildman–Crippen LogP) is 2.99. The minimum absolute atomic E-state index is 0.0295. The van der Waals surface area contributed by atoms with Crippen molar-refractivity contribution in [3.63, 3.8) is 0 Å². The summed E-state index contributed by atoms with van der Waals surface area (Å²) in [6.45, 7) is 1.66. The zero-order chi connectivity index (χ0) is 21.1. The third kappa shape index (κ3) is 3.85. The molecule has 0 fully saturated rings. The average molecular weight is 395 g/mol. The lowest BCUT2D eigenvalue weighted by molar-refractivity contribution is -0.139. The van der Waals surface area contributed by atoms with Crippen LogP contribution in [0.25, 0.3) is 0 Å². The first-order chi connectivity index (χ1) is 13.9. The van der Waals surface area contributed by atoms with Gasteiger partial charge in [-0.3, -0.25) is 19.3 Å².